The number of para-hydroxylation sites is 1. The average Bonchev–Trinajstić information content (AvgIpc) is 3.51. The summed E-state index contributed by atoms with van der Waals surface area (Å²) in [6, 6.07) is 54.3. The second-order valence-electron chi connectivity index (χ2n) is 11.7. The Morgan fingerprint density at radius 1 is 0.553 bits per heavy atom. The zero-order valence-corrected chi connectivity index (χ0v) is 28.5. The van der Waals surface area contributed by atoms with Gasteiger partial charge in [0, 0.05) is 16.2 Å². The van der Waals surface area contributed by atoms with Crippen molar-refractivity contribution in [2.24, 2.45) is 4.99 Å². The molecule has 7 aromatic carbocycles. The van der Waals surface area contributed by atoms with Crippen molar-refractivity contribution in [3.05, 3.63) is 161 Å². The van der Waals surface area contributed by atoms with Crippen LogP contribution in [0.1, 0.15) is 19.4 Å². The molecule has 0 fully saturated rings. The SMILES string of the molecule is CC[I-]c1ccc(-c2ccc(-c3ccc(-c4cc5c6ccccc6oc5c5ccccc45)cc3)cc2)cc1N=C(C)c1ccccc1. The van der Waals surface area contributed by atoms with Crippen LogP contribution in [0.3, 0.4) is 0 Å². The van der Waals surface area contributed by atoms with Crippen molar-refractivity contribution in [1.29, 1.82) is 0 Å². The third-order valence-corrected chi connectivity index (χ3v) is 11.3. The van der Waals surface area contributed by atoms with Gasteiger partial charge in [0.15, 0.2) is 0 Å². The van der Waals surface area contributed by atoms with Crippen molar-refractivity contribution >= 4 is 44.1 Å². The number of hydrogen-bond acceptors (Lipinski definition) is 2. The van der Waals surface area contributed by atoms with E-state index in [-0.39, 0.29) is 21.2 Å². The number of aliphatic imine (C=N–C) groups is 1. The Morgan fingerprint density at radius 3 is 1.83 bits per heavy atom. The number of hydrogen-bond donors (Lipinski definition) is 0. The van der Waals surface area contributed by atoms with E-state index >= 15 is 0 Å². The summed E-state index contributed by atoms with van der Waals surface area (Å²) in [5.41, 5.74) is 12.4. The first kappa shape index (κ1) is 29.4. The van der Waals surface area contributed by atoms with Crippen molar-refractivity contribution in [3.8, 4) is 33.4 Å². The minimum atomic E-state index is -0.0697. The molecule has 3 heteroatoms. The average molecular weight is 719 g/mol. The maximum atomic E-state index is 6.33. The maximum absolute atomic E-state index is 6.33. The van der Waals surface area contributed by atoms with Crippen LogP contribution in [0.4, 0.5) is 5.69 Å². The predicted molar refractivity (Wildman–Crippen MR) is 195 cm³/mol. The fourth-order valence-electron chi connectivity index (χ4n) is 6.44. The molecule has 47 heavy (non-hydrogen) atoms. The van der Waals surface area contributed by atoms with Crippen LogP contribution in [0.25, 0.3) is 66.1 Å². The molecule has 2 nitrogen and oxygen atoms in total. The Balaban J connectivity index is 1.11. The first-order chi connectivity index (χ1) is 23.2. The van der Waals surface area contributed by atoms with Crippen LogP contribution in [0.2, 0.25) is 0 Å². The Morgan fingerprint density at radius 2 is 1.13 bits per heavy atom. The topological polar surface area (TPSA) is 25.5 Å². The summed E-state index contributed by atoms with van der Waals surface area (Å²) in [6.07, 6.45) is 0. The van der Waals surface area contributed by atoms with E-state index in [9.17, 15) is 0 Å². The van der Waals surface area contributed by atoms with Crippen molar-refractivity contribution in [2.45, 2.75) is 13.8 Å². The van der Waals surface area contributed by atoms with Gasteiger partial charge in [-0.15, -0.1) is 0 Å². The fraction of sp³-hybridized carbons (Fsp3) is 0.0682. The molecule has 0 radical (unpaired) electrons. The van der Waals surface area contributed by atoms with Crippen LogP contribution < -0.4 is 21.2 Å². The van der Waals surface area contributed by atoms with Gasteiger partial charge in [0.25, 0.3) is 0 Å². The van der Waals surface area contributed by atoms with Gasteiger partial charge in [-0.2, -0.15) is 0 Å². The number of benzene rings is 7. The Kier molecular flexibility index (Phi) is 7.92. The van der Waals surface area contributed by atoms with Crippen LogP contribution in [0.5, 0.6) is 0 Å². The molecule has 0 bridgehead atoms. The molecular weight excluding hydrogens is 685 g/mol. The van der Waals surface area contributed by atoms with Crippen LogP contribution in [-0.4, -0.2) is 10.1 Å². The molecule has 1 heterocycles. The normalized spacial score (nSPS) is 12.0. The van der Waals surface area contributed by atoms with E-state index in [0.717, 1.165) is 44.3 Å². The molecule has 0 N–H and O–H groups in total. The summed E-state index contributed by atoms with van der Waals surface area (Å²) in [5.74, 6) is 0. The molecule has 1 aromatic heterocycles. The number of alkyl halides is 1. The Labute approximate surface area is 285 Å². The van der Waals surface area contributed by atoms with Crippen LogP contribution >= 0.6 is 0 Å². The molecule has 0 saturated carbocycles. The van der Waals surface area contributed by atoms with E-state index in [1.165, 1.54) is 46.8 Å². The number of halogens is 1. The van der Waals surface area contributed by atoms with E-state index in [1.54, 1.807) is 0 Å². The fourth-order valence-corrected chi connectivity index (χ4v) is 8.37. The van der Waals surface area contributed by atoms with Crippen molar-refractivity contribution < 1.29 is 25.6 Å². The van der Waals surface area contributed by atoms with Gasteiger partial charge in [-0.3, -0.25) is 0 Å². The van der Waals surface area contributed by atoms with Gasteiger partial charge in [0.05, 0.1) is 0 Å². The second-order valence-corrected chi connectivity index (χ2v) is 15.2. The van der Waals surface area contributed by atoms with Crippen molar-refractivity contribution in [3.63, 3.8) is 0 Å². The molecule has 8 rings (SSSR count). The summed E-state index contributed by atoms with van der Waals surface area (Å²) in [6.45, 7) is 4.38. The van der Waals surface area contributed by atoms with Gasteiger partial charge in [-0.25, -0.2) is 0 Å². The van der Waals surface area contributed by atoms with E-state index in [4.69, 9.17) is 9.41 Å². The number of furan rings is 1. The molecule has 0 unspecified atom stereocenters. The zero-order chi connectivity index (χ0) is 31.7. The first-order valence-electron chi connectivity index (χ1n) is 16.0. The van der Waals surface area contributed by atoms with Gasteiger partial charge >= 0.3 is 190 Å². The van der Waals surface area contributed by atoms with Gasteiger partial charge in [-0.1, -0.05) is 42.5 Å². The van der Waals surface area contributed by atoms with E-state index in [0.29, 0.717) is 0 Å². The number of fused-ring (bicyclic) bond motifs is 5. The molecule has 228 valence electrons. The third kappa shape index (κ3) is 5.66. The summed E-state index contributed by atoms with van der Waals surface area (Å²) >= 11 is -0.0697. The monoisotopic (exact) mass is 718 g/mol. The van der Waals surface area contributed by atoms with Crippen LogP contribution in [0, 0.1) is 3.57 Å². The number of nitrogens with zero attached hydrogens (tertiary/aromatic N) is 1. The summed E-state index contributed by atoms with van der Waals surface area (Å²) in [7, 11) is 0. The van der Waals surface area contributed by atoms with E-state index in [1.807, 2.05) is 18.2 Å². The van der Waals surface area contributed by atoms with Gasteiger partial charge in [0.1, 0.15) is 11.2 Å². The molecule has 0 atom stereocenters. The summed E-state index contributed by atoms with van der Waals surface area (Å²) in [5, 5.41) is 4.65. The molecule has 0 saturated heterocycles. The standard InChI is InChI=1S/C44H33INO/c1-3-45-41-26-25-35(27-42(41)46-29(2)30-11-5-4-6-12-30)33-19-17-31(18-20-33)32-21-23-34(24-22-32)39-28-40-37-14-9-10-16-43(37)47-44(40)38-15-8-7-13-36(38)39/h4-28H,3H2,1-2H3/q-1. The molecule has 0 spiro atoms. The summed E-state index contributed by atoms with van der Waals surface area (Å²) in [4.78, 5) is 5.12. The van der Waals surface area contributed by atoms with Crippen LogP contribution in [-0.2, 0) is 0 Å². The Bertz CT molecular complexity index is 2400. The van der Waals surface area contributed by atoms with Crippen molar-refractivity contribution in [2.75, 3.05) is 4.43 Å². The molecule has 0 aliphatic carbocycles. The second kappa shape index (κ2) is 12.7. The Hall–Kier alpha value is -5.00. The molecule has 0 aliphatic rings. The van der Waals surface area contributed by atoms with Gasteiger partial charge in [-0.05, 0) is 23.1 Å². The first-order valence-corrected chi connectivity index (χ1v) is 18.6. The number of rotatable bonds is 7. The molecule has 0 aliphatic heterocycles. The van der Waals surface area contributed by atoms with Crippen molar-refractivity contribution in [1.82, 2.24) is 0 Å². The zero-order valence-electron chi connectivity index (χ0n) is 26.4. The van der Waals surface area contributed by atoms with Gasteiger partial charge < -0.3 is 4.42 Å². The summed E-state index contributed by atoms with van der Waals surface area (Å²) < 4.78 is 8.92. The molecular formula is C44H33INO-. The molecule has 8 aromatic rings. The third-order valence-electron chi connectivity index (χ3n) is 8.84. The quantitative estimate of drug-likeness (QED) is 0.0918. The van der Waals surface area contributed by atoms with E-state index < -0.39 is 0 Å². The predicted octanol–water partition coefficient (Wildman–Crippen LogP) is 9.16. The molecule has 0 amide bonds. The van der Waals surface area contributed by atoms with Crippen LogP contribution in [0.15, 0.2) is 161 Å². The van der Waals surface area contributed by atoms with Gasteiger partial charge in [0.2, 0.25) is 0 Å². The minimum absolute atomic E-state index is 0.0697. The van der Waals surface area contributed by atoms with E-state index in [2.05, 4.69) is 147 Å².